The van der Waals surface area contributed by atoms with Crippen LogP contribution in [0.4, 0.5) is 0 Å². The third-order valence-electron chi connectivity index (χ3n) is 2.56. The fourth-order valence-corrected chi connectivity index (χ4v) is 1.80. The largest absolute Gasteiger partial charge is 3.00 e. The van der Waals surface area contributed by atoms with E-state index in [1.807, 2.05) is 0 Å². The van der Waals surface area contributed by atoms with Gasteiger partial charge in [0.05, 0.1) is 0 Å². The molecule has 0 heterocycles. The maximum atomic E-state index is 2.30. The molecule has 0 aliphatic rings. The van der Waals surface area contributed by atoms with Gasteiger partial charge in [0.25, 0.3) is 0 Å². The molecular weight excluding hydrogens is 447 g/mol. The van der Waals surface area contributed by atoms with Crippen LogP contribution in [0.2, 0.25) is 13.1 Å². The first-order chi connectivity index (χ1) is 7.24. The van der Waals surface area contributed by atoms with E-state index in [1.54, 1.807) is 0 Å². The summed E-state index contributed by atoms with van der Waals surface area (Å²) in [5, 5.41) is 2.79. The minimum atomic E-state index is 0. The molecule has 18 heavy (non-hydrogen) atoms. The second kappa shape index (κ2) is 12.9. The van der Waals surface area contributed by atoms with Gasteiger partial charge in [0.15, 0.2) is 0 Å². The summed E-state index contributed by atoms with van der Waals surface area (Å²) in [4.78, 5) is 0. The molecule has 0 aromatic heterocycles. The fourth-order valence-electron chi connectivity index (χ4n) is 1.80. The van der Waals surface area contributed by atoms with Crippen molar-refractivity contribution in [2.45, 2.75) is 33.4 Å². The zero-order valence-corrected chi connectivity index (χ0v) is 18.0. The molecule has 97 valence electrons. The molecule has 2 aromatic rings. The van der Waals surface area contributed by atoms with Gasteiger partial charge in [-0.05, 0) is 6.42 Å². The zero-order chi connectivity index (χ0) is 11.3. The molecule has 0 bridgehead atoms. The van der Waals surface area contributed by atoms with Crippen LogP contribution in [0.1, 0.15) is 18.1 Å². The van der Waals surface area contributed by atoms with Crippen LogP contribution in [0, 0.1) is 6.92 Å². The van der Waals surface area contributed by atoms with E-state index in [-0.39, 0.29) is 60.2 Å². The average molecular weight is 466 g/mol. The van der Waals surface area contributed by atoms with Crippen LogP contribution in [0.25, 0.3) is 10.8 Å². The summed E-state index contributed by atoms with van der Waals surface area (Å²) in [6.07, 6.45) is 1.14. The van der Waals surface area contributed by atoms with Gasteiger partial charge in [-0.2, -0.15) is 5.56 Å². The summed E-state index contributed by atoms with van der Waals surface area (Å²) in [5.74, 6) is 0. The monoisotopic (exact) mass is 463 g/mol. The van der Waals surface area contributed by atoms with Crippen LogP contribution in [0.3, 0.4) is 0 Å². The summed E-state index contributed by atoms with van der Waals surface area (Å²) < 4.78 is 0. The topological polar surface area (TPSA) is 0 Å². The van der Waals surface area contributed by atoms with Crippen molar-refractivity contribution in [2.24, 2.45) is 0 Å². The van der Waals surface area contributed by atoms with E-state index in [2.05, 4.69) is 57.3 Å². The maximum absolute atomic E-state index is 2.30. The smallest absolute Gasteiger partial charge is 1.00 e. The number of hydrogen-bond donors (Lipinski definition) is 0. The van der Waals surface area contributed by atoms with Crippen LogP contribution < -0.4 is 34.0 Å². The standard InChI is InChI=1S/C12H13.C2H6Si.2BrH.Zr/c1-3-10-8-11-6-4-5-7-12(11)9(10)2;1-3-2;;;/h4-8H,3H2,1-2H3;1-2H3;2*1H;/q-1;;;;+3/p-2. The molecule has 0 unspecified atom stereocenters. The molecule has 0 amide bonds. The van der Waals surface area contributed by atoms with Crippen molar-refractivity contribution in [2.75, 3.05) is 0 Å². The van der Waals surface area contributed by atoms with Crippen molar-refractivity contribution in [3.63, 3.8) is 0 Å². The van der Waals surface area contributed by atoms with Crippen molar-refractivity contribution in [1.82, 2.24) is 0 Å². The molecule has 0 atom stereocenters. The first-order valence-electron chi connectivity index (χ1n) is 5.47. The van der Waals surface area contributed by atoms with Gasteiger partial charge in [-0.3, -0.25) is 0 Å². The Balaban J connectivity index is -0.000000345. The molecule has 0 saturated carbocycles. The van der Waals surface area contributed by atoms with Crippen molar-refractivity contribution >= 4 is 20.3 Å². The van der Waals surface area contributed by atoms with Gasteiger partial charge in [-0.15, -0.1) is 40.6 Å². The Labute approximate surface area is 154 Å². The number of hydrogen-bond acceptors (Lipinski definition) is 0. The van der Waals surface area contributed by atoms with E-state index in [9.17, 15) is 0 Å². The third-order valence-corrected chi connectivity index (χ3v) is 2.56. The SMILES string of the molecule is CCc1[cH-]c2ccccc2c1C.C[Si]C.[Br-].[Br-].[Zr+3]. The van der Waals surface area contributed by atoms with E-state index in [1.165, 1.54) is 21.9 Å². The van der Waals surface area contributed by atoms with Crippen LogP contribution in [-0.4, -0.2) is 9.52 Å². The number of aryl methyl sites for hydroxylation is 2. The summed E-state index contributed by atoms with van der Waals surface area (Å²) in [6, 6.07) is 10.9. The Morgan fingerprint density at radius 3 is 2.06 bits per heavy atom. The van der Waals surface area contributed by atoms with Crippen molar-refractivity contribution in [3.8, 4) is 0 Å². The molecule has 3 radical (unpaired) electrons. The van der Waals surface area contributed by atoms with E-state index >= 15 is 0 Å². The first-order valence-corrected chi connectivity index (χ1v) is 7.47. The van der Waals surface area contributed by atoms with E-state index < -0.39 is 0 Å². The van der Waals surface area contributed by atoms with Gasteiger partial charge in [0.2, 0.25) is 0 Å². The Hall–Kier alpha value is 0.890. The molecule has 0 nitrogen and oxygen atoms in total. The molecule has 0 saturated heterocycles. The van der Waals surface area contributed by atoms with Gasteiger partial charge in [0.1, 0.15) is 0 Å². The van der Waals surface area contributed by atoms with Gasteiger partial charge in [-0.25, -0.2) is 0 Å². The van der Waals surface area contributed by atoms with E-state index in [0.717, 1.165) is 15.9 Å². The maximum Gasteiger partial charge on any atom is 3.00 e. The Morgan fingerprint density at radius 2 is 1.61 bits per heavy atom. The molecular formula is C14H19Br2SiZr. The second-order valence-corrected chi connectivity index (χ2v) is 4.74. The predicted molar refractivity (Wildman–Crippen MR) is 71.1 cm³/mol. The second-order valence-electron chi connectivity index (χ2n) is 3.74. The molecule has 4 heteroatoms. The average Bonchev–Trinajstić information content (AvgIpc) is 2.57. The number of halogens is 2. The molecule has 0 aliphatic carbocycles. The molecule has 0 N–H and O–H groups in total. The molecule has 0 spiro atoms. The van der Waals surface area contributed by atoms with E-state index in [0.29, 0.717) is 0 Å². The minimum Gasteiger partial charge on any atom is -1.00 e. The Kier molecular flexibility index (Phi) is 17.2. The normalized spacial score (nSPS) is 8.22. The summed E-state index contributed by atoms with van der Waals surface area (Å²) in [5.41, 5.74) is 2.93. The summed E-state index contributed by atoms with van der Waals surface area (Å²) in [7, 11) is 1.08. The first kappa shape index (κ1) is 23.9. The molecule has 0 fully saturated rings. The number of rotatable bonds is 1. The van der Waals surface area contributed by atoms with Gasteiger partial charge in [0, 0.05) is 9.52 Å². The molecule has 0 aliphatic heterocycles. The van der Waals surface area contributed by atoms with Gasteiger partial charge < -0.3 is 34.0 Å². The van der Waals surface area contributed by atoms with Crippen molar-refractivity contribution in [3.05, 3.63) is 41.5 Å². The fraction of sp³-hybridized carbons (Fsp3) is 0.357. The van der Waals surface area contributed by atoms with Crippen LogP contribution in [0.5, 0.6) is 0 Å². The predicted octanol–water partition coefficient (Wildman–Crippen LogP) is -1.78. The van der Waals surface area contributed by atoms with Crippen LogP contribution in [-0.2, 0) is 32.6 Å². The number of benzene rings is 1. The van der Waals surface area contributed by atoms with Crippen molar-refractivity contribution in [1.29, 1.82) is 0 Å². The van der Waals surface area contributed by atoms with Gasteiger partial charge in [-0.1, -0.05) is 33.0 Å². The van der Waals surface area contributed by atoms with Crippen LogP contribution >= 0.6 is 0 Å². The Bertz CT molecular complexity index is 427. The number of fused-ring (bicyclic) bond motifs is 1. The Morgan fingerprint density at radius 1 is 1.11 bits per heavy atom. The van der Waals surface area contributed by atoms with Gasteiger partial charge >= 0.3 is 26.2 Å². The van der Waals surface area contributed by atoms with Crippen LogP contribution in [0.15, 0.2) is 30.3 Å². The third kappa shape index (κ3) is 6.36. The zero-order valence-electron chi connectivity index (χ0n) is 11.3. The quantitative estimate of drug-likeness (QED) is 0.345. The molecule has 2 aromatic carbocycles. The van der Waals surface area contributed by atoms with E-state index in [4.69, 9.17) is 0 Å². The minimum absolute atomic E-state index is 0. The summed E-state index contributed by atoms with van der Waals surface area (Å²) in [6.45, 7) is 8.72. The van der Waals surface area contributed by atoms with Crippen molar-refractivity contribution < 1.29 is 60.2 Å². The summed E-state index contributed by atoms with van der Waals surface area (Å²) >= 11 is 0. The molecule has 2 rings (SSSR count).